The molecule has 1 aromatic rings. The fourth-order valence-electron chi connectivity index (χ4n) is 0.630. The van der Waals surface area contributed by atoms with Crippen molar-refractivity contribution in [3.8, 4) is 5.88 Å². The van der Waals surface area contributed by atoms with Crippen molar-refractivity contribution in [2.75, 3.05) is 7.11 Å². The molecule has 1 amide bonds. The number of aromatic nitrogens is 2. The van der Waals surface area contributed by atoms with Gasteiger partial charge in [0.2, 0.25) is 11.7 Å². The van der Waals surface area contributed by atoms with Crippen LogP contribution in [0.5, 0.6) is 5.88 Å². The SMILES string of the molecule is COc1ccnc(C(=O)NN)n1. The van der Waals surface area contributed by atoms with E-state index in [4.69, 9.17) is 10.6 Å². The number of nitrogens with zero attached hydrogens (tertiary/aromatic N) is 2. The molecule has 0 saturated heterocycles. The molecule has 0 spiro atoms. The molecule has 0 aliphatic carbocycles. The largest absolute Gasteiger partial charge is 0.481 e. The van der Waals surface area contributed by atoms with Crippen LogP contribution in [0, 0.1) is 0 Å². The lowest BCUT2D eigenvalue weighted by atomic mass is 10.5. The minimum atomic E-state index is -0.547. The summed E-state index contributed by atoms with van der Waals surface area (Å²) in [5.74, 6) is 4.63. The summed E-state index contributed by atoms with van der Waals surface area (Å²) < 4.78 is 4.78. The van der Waals surface area contributed by atoms with Gasteiger partial charge in [0.25, 0.3) is 0 Å². The van der Waals surface area contributed by atoms with E-state index in [-0.39, 0.29) is 5.82 Å². The molecule has 64 valence electrons. The minimum absolute atomic E-state index is 0.0168. The van der Waals surface area contributed by atoms with Gasteiger partial charge in [-0.15, -0.1) is 0 Å². The summed E-state index contributed by atoms with van der Waals surface area (Å²) in [7, 11) is 1.45. The molecule has 1 rings (SSSR count). The van der Waals surface area contributed by atoms with E-state index < -0.39 is 5.91 Å². The van der Waals surface area contributed by atoms with E-state index in [0.29, 0.717) is 5.88 Å². The molecule has 1 heterocycles. The number of ether oxygens (including phenoxy) is 1. The first-order valence-electron chi connectivity index (χ1n) is 3.16. The molecule has 0 saturated carbocycles. The summed E-state index contributed by atoms with van der Waals surface area (Å²) in [6.07, 6.45) is 1.41. The molecule has 0 unspecified atom stereocenters. The Hall–Kier alpha value is -1.69. The number of hydrogen-bond donors (Lipinski definition) is 2. The number of carbonyl (C=O) groups excluding carboxylic acids is 1. The highest BCUT2D eigenvalue weighted by Crippen LogP contribution is 2.02. The quantitative estimate of drug-likeness (QED) is 0.339. The first-order chi connectivity index (χ1) is 5.77. The average Bonchev–Trinajstić information content (AvgIpc) is 2.17. The van der Waals surface area contributed by atoms with Gasteiger partial charge in [0.15, 0.2) is 0 Å². The van der Waals surface area contributed by atoms with Crippen LogP contribution < -0.4 is 16.0 Å². The number of rotatable bonds is 2. The second-order valence-corrected chi connectivity index (χ2v) is 1.90. The maximum atomic E-state index is 10.9. The Morgan fingerprint density at radius 1 is 1.75 bits per heavy atom. The second-order valence-electron chi connectivity index (χ2n) is 1.90. The molecule has 6 heteroatoms. The molecule has 0 radical (unpaired) electrons. The van der Waals surface area contributed by atoms with E-state index in [2.05, 4.69) is 9.97 Å². The van der Waals surface area contributed by atoms with Gasteiger partial charge < -0.3 is 4.74 Å². The van der Waals surface area contributed by atoms with Crippen LogP contribution in [0.4, 0.5) is 0 Å². The predicted molar refractivity (Wildman–Crippen MR) is 40.2 cm³/mol. The topological polar surface area (TPSA) is 90.1 Å². The standard InChI is InChI=1S/C6H8N4O2/c1-12-4-2-3-8-5(9-4)6(11)10-7/h2-3H,7H2,1H3,(H,10,11). The minimum Gasteiger partial charge on any atom is -0.481 e. The molecular formula is C6H8N4O2. The second kappa shape index (κ2) is 3.63. The van der Waals surface area contributed by atoms with Gasteiger partial charge in [0.1, 0.15) is 0 Å². The Morgan fingerprint density at radius 2 is 2.50 bits per heavy atom. The molecule has 1 aromatic heterocycles. The maximum Gasteiger partial charge on any atom is 0.303 e. The number of hydrogen-bond acceptors (Lipinski definition) is 5. The Bertz CT molecular complexity index is 289. The van der Waals surface area contributed by atoms with Gasteiger partial charge in [-0.1, -0.05) is 0 Å². The first kappa shape index (κ1) is 8.41. The average molecular weight is 168 g/mol. The lowest BCUT2D eigenvalue weighted by Crippen LogP contribution is -2.31. The van der Waals surface area contributed by atoms with Crippen molar-refractivity contribution in [1.82, 2.24) is 15.4 Å². The Morgan fingerprint density at radius 3 is 3.08 bits per heavy atom. The van der Waals surface area contributed by atoms with E-state index in [1.165, 1.54) is 19.4 Å². The van der Waals surface area contributed by atoms with Crippen molar-refractivity contribution in [3.63, 3.8) is 0 Å². The van der Waals surface area contributed by atoms with Crippen LogP contribution in [0.15, 0.2) is 12.3 Å². The molecule has 12 heavy (non-hydrogen) atoms. The van der Waals surface area contributed by atoms with Crippen LogP contribution >= 0.6 is 0 Å². The van der Waals surface area contributed by atoms with E-state index in [1.807, 2.05) is 5.43 Å². The smallest absolute Gasteiger partial charge is 0.303 e. The lowest BCUT2D eigenvalue weighted by Gasteiger charge is -1.99. The fourth-order valence-corrected chi connectivity index (χ4v) is 0.630. The Balaban J connectivity index is 2.93. The van der Waals surface area contributed by atoms with Crippen LogP contribution in [-0.2, 0) is 0 Å². The van der Waals surface area contributed by atoms with Gasteiger partial charge in [-0.2, -0.15) is 4.98 Å². The number of methoxy groups -OCH3 is 1. The van der Waals surface area contributed by atoms with Crippen molar-refractivity contribution < 1.29 is 9.53 Å². The van der Waals surface area contributed by atoms with Gasteiger partial charge >= 0.3 is 5.91 Å². The van der Waals surface area contributed by atoms with Gasteiger partial charge in [0.05, 0.1) is 7.11 Å². The third-order valence-electron chi connectivity index (χ3n) is 1.17. The van der Waals surface area contributed by atoms with Gasteiger partial charge in [0, 0.05) is 12.3 Å². The molecule has 0 fully saturated rings. The van der Waals surface area contributed by atoms with Crippen molar-refractivity contribution in [1.29, 1.82) is 0 Å². The normalized spacial score (nSPS) is 9.17. The summed E-state index contributed by atoms with van der Waals surface area (Å²) in [6, 6.07) is 1.54. The van der Waals surface area contributed by atoms with E-state index in [1.54, 1.807) is 0 Å². The number of amides is 1. The van der Waals surface area contributed by atoms with Gasteiger partial charge in [-0.3, -0.25) is 10.2 Å². The van der Waals surface area contributed by atoms with Crippen molar-refractivity contribution in [2.45, 2.75) is 0 Å². The summed E-state index contributed by atoms with van der Waals surface area (Å²) in [5.41, 5.74) is 1.91. The van der Waals surface area contributed by atoms with Crippen LogP contribution in [0.25, 0.3) is 0 Å². The summed E-state index contributed by atoms with van der Waals surface area (Å²) in [5, 5.41) is 0. The number of carbonyl (C=O) groups is 1. The maximum absolute atomic E-state index is 10.9. The molecule has 0 aliphatic heterocycles. The highest BCUT2D eigenvalue weighted by molar-refractivity contribution is 5.89. The molecule has 0 aromatic carbocycles. The zero-order valence-electron chi connectivity index (χ0n) is 6.44. The highest BCUT2D eigenvalue weighted by atomic mass is 16.5. The molecular weight excluding hydrogens is 160 g/mol. The molecule has 0 bridgehead atoms. The predicted octanol–water partition coefficient (Wildman–Crippen LogP) is -0.911. The molecule has 0 aliphatic rings. The molecule has 0 atom stereocenters. The summed E-state index contributed by atoms with van der Waals surface area (Å²) >= 11 is 0. The van der Waals surface area contributed by atoms with Crippen molar-refractivity contribution >= 4 is 5.91 Å². The number of nitrogens with two attached hydrogens (primary N) is 1. The summed E-state index contributed by atoms with van der Waals surface area (Å²) in [6.45, 7) is 0. The number of nitrogen functional groups attached to an aromatic ring is 1. The van der Waals surface area contributed by atoms with Crippen molar-refractivity contribution in [2.24, 2.45) is 5.84 Å². The van der Waals surface area contributed by atoms with Crippen LogP contribution in [0.3, 0.4) is 0 Å². The van der Waals surface area contributed by atoms with Gasteiger partial charge in [-0.25, -0.2) is 10.8 Å². The monoisotopic (exact) mass is 168 g/mol. The van der Waals surface area contributed by atoms with E-state index in [9.17, 15) is 4.79 Å². The first-order valence-corrected chi connectivity index (χ1v) is 3.16. The van der Waals surface area contributed by atoms with Crippen molar-refractivity contribution in [3.05, 3.63) is 18.1 Å². The zero-order chi connectivity index (χ0) is 8.97. The third kappa shape index (κ3) is 1.67. The van der Waals surface area contributed by atoms with Crippen LogP contribution in [0.2, 0.25) is 0 Å². The third-order valence-corrected chi connectivity index (χ3v) is 1.17. The van der Waals surface area contributed by atoms with Gasteiger partial charge in [-0.05, 0) is 0 Å². The number of hydrazine groups is 1. The summed E-state index contributed by atoms with van der Waals surface area (Å²) in [4.78, 5) is 18.3. The van der Waals surface area contributed by atoms with Crippen LogP contribution in [-0.4, -0.2) is 23.0 Å². The zero-order valence-corrected chi connectivity index (χ0v) is 6.44. The Labute approximate surface area is 68.7 Å². The fraction of sp³-hybridized carbons (Fsp3) is 0.167. The number of nitrogens with one attached hydrogen (secondary N) is 1. The highest BCUT2D eigenvalue weighted by Gasteiger charge is 2.06. The Kier molecular flexibility index (Phi) is 2.54. The molecule has 3 N–H and O–H groups in total. The van der Waals surface area contributed by atoms with E-state index in [0.717, 1.165) is 0 Å². The van der Waals surface area contributed by atoms with E-state index >= 15 is 0 Å². The lowest BCUT2D eigenvalue weighted by molar-refractivity contribution is 0.0942. The van der Waals surface area contributed by atoms with Crippen LogP contribution in [0.1, 0.15) is 10.6 Å². The molecule has 6 nitrogen and oxygen atoms in total.